The first-order chi connectivity index (χ1) is 12.9. The van der Waals surface area contributed by atoms with Crippen LogP contribution in [0.3, 0.4) is 0 Å². The Bertz CT molecular complexity index is 1070. The van der Waals surface area contributed by atoms with E-state index in [0.717, 1.165) is 12.2 Å². The number of aliphatic hydroxyl groups is 2. The summed E-state index contributed by atoms with van der Waals surface area (Å²) in [6.45, 7) is 3.59. The average Bonchev–Trinajstić information content (AvgIpc) is 3.08. The van der Waals surface area contributed by atoms with Crippen LogP contribution in [0.25, 0.3) is 11.2 Å². The smallest absolute Gasteiger partial charge is 0.338 e. The highest BCUT2D eigenvalue weighted by atomic mass is 16.6. The number of nitrogens with zero attached hydrogens (tertiary/aromatic N) is 3. The van der Waals surface area contributed by atoms with Crippen molar-refractivity contribution in [2.24, 2.45) is 5.92 Å². The second-order valence-corrected chi connectivity index (χ2v) is 6.17. The van der Waals surface area contributed by atoms with E-state index in [1.165, 1.54) is 4.57 Å². The zero-order valence-corrected chi connectivity index (χ0v) is 13.8. The molecule has 3 unspecified atom stereocenters. The van der Waals surface area contributed by atoms with Gasteiger partial charge >= 0.3 is 24.0 Å². The maximum atomic E-state index is 12.3. The molecule has 11 heteroatoms. The highest BCUT2D eigenvalue weighted by Gasteiger charge is 2.40. The van der Waals surface area contributed by atoms with E-state index in [-0.39, 0.29) is 36.2 Å². The molecule has 2 aliphatic rings. The van der Waals surface area contributed by atoms with E-state index in [0.29, 0.717) is 5.57 Å². The van der Waals surface area contributed by atoms with E-state index in [1.54, 1.807) is 0 Å². The number of nitrogens with one attached hydrogen (secondary N) is 1. The number of H-pyrrole nitrogens is 1. The van der Waals surface area contributed by atoms with Crippen LogP contribution in [-0.4, -0.2) is 54.4 Å². The second-order valence-electron chi connectivity index (χ2n) is 6.17. The average molecular weight is 374 g/mol. The number of aromatic nitrogens is 4. The van der Waals surface area contributed by atoms with Gasteiger partial charge in [-0.2, -0.15) is 9.97 Å². The normalized spacial score (nSPS) is 25.1. The fourth-order valence-corrected chi connectivity index (χ4v) is 3.28. The molecule has 3 N–H and O–H groups in total. The van der Waals surface area contributed by atoms with Gasteiger partial charge in [-0.3, -0.25) is 14.3 Å². The standard InChI is InChI=1S/C16H14N4O7/c1-6-7(5-21)9(22)4-8(6)20-13-12-14(25)19-15(18-13)26-10(23)2-3-11(24)27-16(20)17-12/h2-3,7-9,21-22H,1,4-5H2,(H,18,19,25). The third-order valence-corrected chi connectivity index (χ3v) is 4.58. The number of rotatable bonds is 2. The van der Waals surface area contributed by atoms with Crippen molar-refractivity contribution >= 4 is 23.1 Å². The van der Waals surface area contributed by atoms with Crippen molar-refractivity contribution < 1.29 is 29.3 Å². The van der Waals surface area contributed by atoms with Crippen molar-refractivity contribution in [1.82, 2.24) is 19.5 Å². The molecular formula is C16H14N4O7. The van der Waals surface area contributed by atoms with E-state index in [9.17, 15) is 24.6 Å². The molecule has 0 aromatic carbocycles. The van der Waals surface area contributed by atoms with Crippen LogP contribution in [-0.2, 0) is 9.59 Å². The maximum absolute atomic E-state index is 12.3. The van der Waals surface area contributed by atoms with E-state index in [1.807, 2.05) is 0 Å². The zero-order chi connectivity index (χ0) is 19.3. The summed E-state index contributed by atoms with van der Waals surface area (Å²) in [4.78, 5) is 46.3. The van der Waals surface area contributed by atoms with E-state index in [4.69, 9.17) is 9.47 Å². The van der Waals surface area contributed by atoms with Gasteiger partial charge in [0.25, 0.3) is 5.56 Å². The van der Waals surface area contributed by atoms with Crippen molar-refractivity contribution in [2.45, 2.75) is 18.6 Å². The molecule has 1 aliphatic carbocycles. The van der Waals surface area contributed by atoms with Crippen molar-refractivity contribution in [3.05, 3.63) is 34.7 Å². The van der Waals surface area contributed by atoms with Gasteiger partial charge < -0.3 is 19.7 Å². The molecule has 0 amide bonds. The fraction of sp³-hybridized carbons (Fsp3) is 0.312. The van der Waals surface area contributed by atoms with Crippen LogP contribution in [0.5, 0.6) is 12.0 Å². The Balaban J connectivity index is 1.97. The van der Waals surface area contributed by atoms with Crippen LogP contribution < -0.4 is 15.0 Å². The molecule has 2 aromatic heterocycles. The van der Waals surface area contributed by atoms with Crippen molar-refractivity contribution in [3.63, 3.8) is 0 Å². The highest BCUT2D eigenvalue weighted by Crippen LogP contribution is 2.42. The van der Waals surface area contributed by atoms with Crippen LogP contribution >= 0.6 is 0 Å². The molecule has 3 heterocycles. The first-order valence-corrected chi connectivity index (χ1v) is 8.00. The molecule has 27 heavy (non-hydrogen) atoms. The third-order valence-electron chi connectivity index (χ3n) is 4.58. The van der Waals surface area contributed by atoms with E-state index < -0.39 is 35.6 Å². The first-order valence-electron chi connectivity index (χ1n) is 8.00. The largest absolute Gasteiger partial charge is 0.396 e. The minimum absolute atomic E-state index is 0.0109. The van der Waals surface area contributed by atoms with Gasteiger partial charge in [0.2, 0.25) is 0 Å². The predicted molar refractivity (Wildman–Crippen MR) is 87.9 cm³/mol. The summed E-state index contributed by atoms with van der Waals surface area (Å²) in [5, 5.41) is 19.7. The lowest BCUT2D eigenvalue weighted by molar-refractivity contribution is -0.132. The number of ether oxygens (including phenoxy) is 2. The number of aliphatic hydroxyl groups excluding tert-OH is 2. The molecule has 11 nitrogen and oxygen atoms in total. The summed E-state index contributed by atoms with van der Waals surface area (Å²) in [6, 6.07) is -1.28. The topological polar surface area (TPSA) is 157 Å². The lowest BCUT2D eigenvalue weighted by atomic mass is 10.0. The molecule has 0 radical (unpaired) electrons. The monoisotopic (exact) mass is 374 g/mol. The Morgan fingerprint density at radius 2 is 1.93 bits per heavy atom. The minimum Gasteiger partial charge on any atom is -0.396 e. The minimum atomic E-state index is -0.928. The van der Waals surface area contributed by atoms with Crippen molar-refractivity contribution in [3.8, 4) is 12.0 Å². The van der Waals surface area contributed by atoms with Crippen molar-refractivity contribution in [1.29, 1.82) is 0 Å². The highest BCUT2D eigenvalue weighted by molar-refractivity contribution is 5.93. The Hall–Kier alpha value is -3.31. The second kappa shape index (κ2) is 6.14. The van der Waals surface area contributed by atoms with Gasteiger partial charge in [-0.15, -0.1) is 0 Å². The van der Waals surface area contributed by atoms with Gasteiger partial charge in [-0.25, -0.2) is 9.59 Å². The molecule has 3 atom stereocenters. The third kappa shape index (κ3) is 2.73. The van der Waals surface area contributed by atoms with Crippen LogP contribution in [0.1, 0.15) is 12.5 Å². The molecular weight excluding hydrogens is 360 g/mol. The molecule has 1 aliphatic heterocycles. The molecule has 1 fully saturated rings. The molecule has 3 bridgehead atoms. The number of carbonyl (C=O) groups excluding carboxylic acids is 2. The van der Waals surface area contributed by atoms with Gasteiger partial charge in [0.05, 0.1) is 18.8 Å². The first kappa shape index (κ1) is 17.1. The number of imidazole rings is 1. The predicted octanol–water partition coefficient (Wildman–Crippen LogP) is -1.03. The van der Waals surface area contributed by atoms with Gasteiger partial charge in [-0.05, 0) is 12.0 Å². The van der Waals surface area contributed by atoms with Gasteiger partial charge in [-0.1, -0.05) is 6.58 Å². The SMILES string of the molecule is C=C1C(CO)C(O)CC1n1c2nc3c(=O)[nH]c(nc31)OC(=O)C=CC(=O)O2. The number of esters is 2. The summed E-state index contributed by atoms with van der Waals surface area (Å²) in [6.07, 6.45) is 0.926. The molecule has 2 aromatic rings. The Kier molecular flexibility index (Phi) is 3.89. The molecule has 4 rings (SSSR count). The van der Waals surface area contributed by atoms with Gasteiger partial charge in [0, 0.05) is 18.1 Å². The number of hydrogen-bond donors (Lipinski definition) is 3. The fourth-order valence-electron chi connectivity index (χ4n) is 3.28. The molecule has 0 spiro atoms. The molecule has 140 valence electrons. The zero-order valence-electron chi connectivity index (χ0n) is 13.8. The van der Waals surface area contributed by atoms with Gasteiger partial charge in [0.15, 0.2) is 11.2 Å². The number of hydrogen-bond acceptors (Lipinski definition) is 9. The Morgan fingerprint density at radius 3 is 2.59 bits per heavy atom. The van der Waals surface area contributed by atoms with Crippen LogP contribution in [0.2, 0.25) is 0 Å². The number of fused-ring (bicyclic) bond motifs is 2. The summed E-state index contributed by atoms with van der Waals surface area (Å²) >= 11 is 0. The van der Waals surface area contributed by atoms with Crippen molar-refractivity contribution in [2.75, 3.05) is 6.61 Å². The summed E-state index contributed by atoms with van der Waals surface area (Å²) < 4.78 is 11.4. The van der Waals surface area contributed by atoms with Gasteiger partial charge in [0.1, 0.15) is 0 Å². The molecule has 0 saturated heterocycles. The van der Waals surface area contributed by atoms with E-state index in [2.05, 4.69) is 21.5 Å². The summed E-state index contributed by atoms with van der Waals surface area (Å²) in [7, 11) is 0. The van der Waals surface area contributed by atoms with Crippen LogP contribution in [0, 0.1) is 5.92 Å². The quantitative estimate of drug-likeness (QED) is 0.442. The number of carbonyl (C=O) groups is 2. The Labute approximate surface area is 150 Å². The number of aromatic amines is 1. The lowest BCUT2D eigenvalue weighted by Gasteiger charge is -2.17. The van der Waals surface area contributed by atoms with E-state index >= 15 is 0 Å². The van der Waals surface area contributed by atoms with Crippen LogP contribution in [0.15, 0.2) is 29.1 Å². The summed E-state index contributed by atoms with van der Waals surface area (Å²) in [5.41, 5.74) is -0.390. The Morgan fingerprint density at radius 1 is 1.22 bits per heavy atom. The summed E-state index contributed by atoms with van der Waals surface area (Å²) in [5.74, 6) is -2.43. The van der Waals surface area contributed by atoms with Crippen LogP contribution in [0.4, 0.5) is 0 Å². The lowest BCUT2D eigenvalue weighted by Crippen LogP contribution is -2.17. The maximum Gasteiger partial charge on any atom is 0.338 e. The molecule has 1 saturated carbocycles.